The van der Waals surface area contributed by atoms with Crippen molar-refractivity contribution in [2.75, 3.05) is 0 Å². The zero-order valence-corrected chi connectivity index (χ0v) is 15.6. The Balaban J connectivity index is 2.42. The maximum Gasteiger partial charge on any atom is 0.303 e. The Kier molecular flexibility index (Phi) is 7.24. The number of hydrogen-bond donors (Lipinski definition) is 1. The number of carbonyl (C=O) groups is 1. The van der Waals surface area contributed by atoms with Crippen LogP contribution in [0.5, 0.6) is 0 Å². The molecule has 0 heterocycles. The molecular formula is C23H30O2. The minimum atomic E-state index is -0.712. The van der Waals surface area contributed by atoms with Gasteiger partial charge in [-0.3, -0.25) is 4.79 Å². The lowest BCUT2D eigenvalue weighted by Crippen LogP contribution is -2.26. The van der Waals surface area contributed by atoms with Gasteiger partial charge in [-0.1, -0.05) is 81.4 Å². The summed E-state index contributed by atoms with van der Waals surface area (Å²) >= 11 is 0. The van der Waals surface area contributed by atoms with Crippen LogP contribution in [0.4, 0.5) is 0 Å². The van der Waals surface area contributed by atoms with E-state index >= 15 is 0 Å². The van der Waals surface area contributed by atoms with E-state index < -0.39 is 5.97 Å². The highest BCUT2D eigenvalue weighted by Crippen LogP contribution is 2.44. The van der Waals surface area contributed by atoms with Gasteiger partial charge in [-0.25, -0.2) is 0 Å². The zero-order valence-electron chi connectivity index (χ0n) is 15.6. The van der Waals surface area contributed by atoms with Gasteiger partial charge >= 0.3 is 5.97 Å². The predicted octanol–water partition coefficient (Wildman–Crippen LogP) is 6.10. The SMILES string of the molecule is CCC(c1ccccc1)C(C(C)C)C(CCC(=O)O)c1ccccc1. The summed E-state index contributed by atoms with van der Waals surface area (Å²) in [4.78, 5) is 11.2. The van der Waals surface area contributed by atoms with Gasteiger partial charge in [0.1, 0.15) is 0 Å². The molecule has 2 rings (SSSR count). The molecule has 0 radical (unpaired) electrons. The van der Waals surface area contributed by atoms with Crippen LogP contribution >= 0.6 is 0 Å². The summed E-state index contributed by atoms with van der Waals surface area (Å²) in [7, 11) is 0. The van der Waals surface area contributed by atoms with Gasteiger partial charge in [0.05, 0.1) is 0 Å². The molecule has 25 heavy (non-hydrogen) atoms. The fourth-order valence-corrected chi connectivity index (χ4v) is 4.20. The highest BCUT2D eigenvalue weighted by molar-refractivity contribution is 5.66. The third-order valence-electron chi connectivity index (χ3n) is 5.26. The fraction of sp³-hybridized carbons (Fsp3) is 0.435. The zero-order chi connectivity index (χ0) is 18.2. The van der Waals surface area contributed by atoms with Crippen LogP contribution in [0.3, 0.4) is 0 Å². The lowest BCUT2D eigenvalue weighted by molar-refractivity contribution is -0.137. The standard InChI is InChI=1S/C23H30O2/c1-4-20(18-11-7-5-8-12-18)23(17(2)3)21(15-16-22(24)25)19-13-9-6-10-14-19/h5-14,17,20-21,23H,4,15-16H2,1-3H3,(H,24,25). The van der Waals surface area contributed by atoms with E-state index in [0.29, 0.717) is 24.2 Å². The van der Waals surface area contributed by atoms with Crippen LogP contribution in [0, 0.1) is 11.8 Å². The Morgan fingerprint density at radius 3 is 1.76 bits per heavy atom. The first-order chi connectivity index (χ1) is 12.0. The van der Waals surface area contributed by atoms with Crippen molar-refractivity contribution in [3.8, 4) is 0 Å². The second-order valence-electron chi connectivity index (χ2n) is 7.20. The highest BCUT2D eigenvalue weighted by atomic mass is 16.4. The normalized spacial score (nSPS) is 14.9. The molecule has 2 aromatic carbocycles. The molecule has 134 valence electrons. The number of hydrogen-bond acceptors (Lipinski definition) is 1. The molecule has 0 amide bonds. The molecule has 0 aliphatic carbocycles. The Morgan fingerprint density at radius 1 is 0.880 bits per heavy atom. The van der Waals surface area contributed by atoms with Crippen LogP contribution in [0.15, 0.2) is 60.7 Å². The quantitative estimate of drug-likeness (QED) is 0.599. The van der Waals surface area contributed by atoms with E-state index in [9.17, 15) is 9.90 Å². The molecule has 2 aromatic rings. The van der Waals surface area contributed by atoms with Crippen LogP contribution in [0.25, 0.3) is 0 Å². The third kappa shape index (κ3) is 5.19. The molecule has 0 aliphatic rings. The van der Waals surface area contributed by atoms with Crippen molar-refractivity contribution in [3.63, 3.8) is 0 Å². The smallest absolute Gasteiger partial charge is 0.303 e. The van der Waals surface area contributed by atoms with Gasteiger partial charge in [-0.05, 0) is 47.6 Å². The van der Waals surface area contributed by atoms with Crippen LogP contribution in [0.1, 0.15) is 63.0 Å². The van der Waals surface area contributed by atoms with Gasteiger partial charge in [-0.2, -0.15) is 0 Å². The summed E-state index contributed by atoms with van der Waals surface area (Å²) in [6, 6.07) is 21.1. The first kappa shape index (κ1) is 19.2. The fourth-order valence-electron chi connectivity index (χ4n) is 4.20. The summed E-state index contributed by atoms with van der Waals surface area (Å²) in [5.41, 5.74) is 2.62. The minimum Gasteiger partial charge on any atom is -0.481 e. The van der Waals surface area contributed by atoms with E-state index in [2.05, 4.69) is 75.4 Å². The van der Waals surface area contributed by atoms with Crippen molar-refractivity contribution in [1.82, 2.24) is 0 Å². The van der Waals surface area contributed by atoms with Crippen molar-refractivity contribution < 1.29 is 9.90 Å². The second kappa shape index (κ2) is 9.41. The lowest BCUT2D eigenvalue weighted by Gasteiger charge is -2.37. The van der Waals surface area contributed by atoms with Crippen molar-refractivity contribution in [2.45, 2.75) is 51.9 Å². The Morgan fingerprint density at radius 2 is 1.36 bits per heavy atom. The van der Waals surface area contributed by atoms with Crippen molar-refractivity contribution in [3.05, 3.63) is 71.8 Å². The monoisotopic (exact) mass is 338 g/mol. The van der Waals surface area contributed by atoms with Gasteiger partial charge in [-0.15, -0.1) is 0 Å². The largest absolute Gasteiger partial charge is 0.481 e. The van der Waals surface area contributed by atoms with E-state index in [4.69, 9.17) is 0 Å². The molecule has 0 bridgehead atoms. The predicted molar refractivity (Wildman–Crippen MR) is 104 cm³/mol. The van der Waals surface area contributed by atoms with Gasteiger partial charge in [0, 0.05) is 6.42 Å². The van der Waals surface area contributed by atoms with Crippen LogP contribution < -0.4 is 0 Å². The molecular weight excluding hydrogens is 308 g/mol. The van der Waals surface area contributed by atoms with Crippen LogP contribution in [0.2, 0.25) is 0 Å². The van der Waals surface area contributed by atoms with Crippen LogP contribution in [-0.4, -0.2) is 11.1 Å². The summed E-state index contributed by atoms with van der Waals surface area (Å²) in [6.45, 7) is 6.78. The van der Waals surface area contributed by atoms with E-state index in [1.807, 2.05) is 6.07 Å². The number of benzene rings is 2. The molecule has 0 aliphatic heterocycles. The van der Waals surface area contributed by atoms with Gasteiger partial charge in [0.2, 0.25) is 0 Å². The van der Waals surface area contributed by atoms with Gasteiger partial charge in [0.25, 0.3) is 0 Å². The summed E-state index contributed by atoms with van der Waals surface area (Å²) in [6.07, 6.45) is 1.96. The van der Waals surface area contributed by atoms with Crippen molar-refractivity contribution in [1.29, 1.82) is 0 Å². The average molecular weight is 338 g/mol. The first-order valence-electron chi connectivity index (χ1n) is 9.36. The van der Waals surface area contributed by atoms with E-state index in [1.165, 1.54) is 11.1 Å². The Hall–Kier alpha value is -2.09. The van der Waals surface area contributed by atoms with Gasteiger partial charge < -0.3 is 5.11 Å². The maximum absolute atomic E-state index is 11.2. The second-order valence-corrected chi connectivity index (χ2v) is 7.20. The molecule has 0 fully saturated rings. The highest BCUT2D eigenvalue weighted by Gasteiger charge is 2.33. The van der Waals surface area contributed by atoms with E-state index in [-0.39, 0.29) is 12.3 Å². The Labute approximate surface area is 151 Å². The summed E-state index contributed by atoms with van der Waals surface area (Å²) < 4.78 is 0. The molecule has 0 aromatic heterocycles. The number of rotatable bonds is 9. The van der Waals surface area contributed by atoms with E-state index in [1.54, 1.807) is 0 Å². The number of aliphatic carboxylic acids is 1. The molecule has 3 atom stereocenters. The van der Waals surface area contributed by atoms with E-state index in [0.717, 1.165) is 6.42 Å². The molecule has 1 N–H and O–H groups in total. The molecule has 0 spiro atoms. The molecule has 2 heteroatoms. The average Bonchev–Trinajstić information content (AvgIpc) is 2.62. The lowest BCUT2D eigenvalue weighted by atomic mass is 9.67. The molecule has 2 nitrogen and oxygen atoms in total. The Bertz CT molecular complexity index is 634. The summed E-state index contributed by atoms with van der Waals surface area (Å²) in [5, 5.41) is 9.24. The molecule has 3 unspecified atom stereocenters. The topological polar surface area (TPSA) is 37.3 Å². The maximum atomic E-state index is 11.2. The molecule has 0 saturated carbocycles. The number of carboxylic acid groups (broad SMARTS) is 1. The molecule has 0 saturated heterocycles. The summed E-state index contributed by atoms with van der Waals surface area (Å²) in [5.74, 6) is 0.858. The van der Waals surface area contributed by atoms with Gasteiger partial charge in [0.15, 0.2) is 0 Å². The van der Waals surface area contributed by atoms with Crippen LogP contribution in [-0.2, 0) is 4.79 Å². The number of carboxylic acids is 1. The minimum absolute atomic E-state index is 0.216. The first-order valence-corrected chi connectivity index (χ1v) is 9.36. The van der Waals surface area contributed by atoms with Crippen molar-refractivity contribution >= 4 is 5.97 Å². The third-order valence-corrected chi connectivity index (χ3v) is 5.26. The van der Waals surface area contributed by atoms with Crippen molar-refractivity contribution in [2.24, 2.45) is 11.8 Å².